The Morgan fingerprint density at radius 2 is 1.33 bits per heavy atom. The third-order valence-corrected chi connectivity index (χ3v) is 18.1. The average Bonchev–Trinajstić information content (AvgIpc) is 0.765. The van der Waals surface area contributed by atoms with Gasteiger partial charge in [-0.2, -0.15) is 0 Å². The van der Waals surface area contributed by atoms with Crippen molar-refractivity contribution >= 4 is 70.3 Å². The Morgan fingerprint density at radius 1 is 0.713 bits per heavy atom. The van der Waals surface area contributed by atoms with Gasteiger partial charge in [0.15, 0.2) is 28.8 Å². The number of Topliss-reactive ketones (excluding diaryl/α,β-unsaturated/α-hetero) is 3. The number of carbonyl (C=O) groups excluding carboxylic acids is 8. The lowest BCUT2D eigenvalue weighted by molar-refractivity contribution is -0.277. The van der Waals surface area contributed by atoms with Crippen LogP contribution in [0, 0.1) is 18.8 Å². The maximum atomic E-state index is 16.3. The fourth-order valence-corrected chi connectivity index (χ4v) is 12.7. The number of nitrogens with two attached hydrogens (primary N) is 1. The van der Waals surface area contributed by atoms with Crippen LogP contribution in [0.1, 0.15) is 104 Å². The van der Waals surface area contributed by atoms with E-state index in [-0.39, 0.29) is 104 Å². The van der Waals surface area contributed by atoms with Gasteiger partial charge in [0.2, 0.25) is 35.7 Å². The first kappa shape index (κ1) is 75.9. The summed E-state index contributed by atoms with van der Waals surface area (Å²) < 4.78 is 43.1. The van der Waals surface area contributed by atoms with Crippen LogP contribution in [0.5, 0.6) is 40.2 Å². The lowest BCUT2D eigenvalue weighted by Crippen LogP contribution is -2.60. The van der Waals surface area contributed by atoms with Crippen LogP contribution in [-0.2, 0) is 43.0 Å². The molecule has 27 nitrogen and oxygen atoms in total. The van der Waals surface area contributed by atoms with E-state index >= 15 is 24.0 Å². The number of nitrogens with one attached hydrogen (secondary N) is 4. The molecule has 0 radical (unpaired) electrons. The van der Waals surface area contributed by atoms with Gasteiger partial charge in [-0.05, 0) is 114 Å². The molecule has 0 aliphatic carbocycles. The van der Waals surface area contributed by atoms with Crippen LogP contribution in [0.4, 0.5) is 4.79 Å². The minimum absolute atomic E-state index is 0.0240. The van der Waals surface area contributed by atoms with Crippen molar-refractivity contribution in [3.05, 3.63) is 160 Å². The van der Waals surface area contributed by atoms with Crippen molar-refractivity contribution in [2.45, 2.75) is 126 Å². The minimum Gasteiger partial charge on any atom is -0.489 e. The Hall–Kier alpha value is -9.26. The quantitative estimate of drug-likeness (QED) is 0.0462. The van der Waals surface area contributed by atoms with Crippen LogP contribution < -0.4 is 50.7 Å². The molecule has 5 aromatic carbocycles. The Kier molecular flexibility index (Phi) is 24.8. The zero-order chi connectivity index (χ0) is 73.4. The molecule has 5 unspecified atom stereocenters. The molecule has 0 spiro atoms. The zero-order valence-electron chi connectivity index (χ0n) is 55.8. The van der Waals surface area contributed by atoms with Gasteiger partial charge in [0.1, 0.15) is 110 Å². The number of ether oxygens (including phenoxy) is 7. The van der Waals surface area contributed by atoms with Crippen molar-refractivity contribution in [2.24, 2.45) is 17.6 Å². The van der Waals surface area contributed by atoms with E-state index in [1.165, 1.54) is 86.8 Å². The fraction of sp³-hybridized carbons (Fsp3) is 0.389. The molecule has 101 heavy (non-hydrogen) atoms. The highest BCUT2D eigenvalue weighted by molar-refractivity contribution is 6.32. The monoisotopic (exact) mass is 1430 g/mol. The Morgan fingerprint density at radius 3 is 1.91 bits per heavy atom. The number of nitrogens with zero attached hydrogens (tertiary/aromatic N) is 1. The van der Waals surface area contributed by atoms with Crippen molar-refractivity contribution in [3.63, 3.8) is 0 Å². The number of amides is 5. The van der Waals surface area contributed by atoms with Crippen molar-refractivity contribution in [1.82, 2.24) is 26.2 Å². The lowest BCUT2D eigenvalue weighted by atomic mass is 9.84. The number of likely N-dealkylation sites (N-methyl/N-ethyl adjacent to an activating group) is 1. The smallest absolute Gasteiger partial charge is 0.410 e. The molecule has 1 fully saturated rings. The maximum Gasteiger partial charge on any atom is 0.410 e. The number of halogens is 2. The average molecular weight is 1440 g/mol. The van der Waals surface area contributed by atoms with E-state index in [9.17, 15) is 45.0 Å². The van der Waals surface area contributed by atoms with E-state index in [0.29, 0.717) is 5.56 Å². The molecule has 12 N–H and O–H groups in total. The van der Waals surface area contributed by atoms with Crippen molar-refractivity contribution < 1.29 is 102 Å². The summed E-state index contributed by atoms with van der Waals surface area (Å²) in [6.45, 7) is 15.8. The molecule has 11 bridgehead atoms. The normalized spacial score (nSPS) is 24.7. The highest BCUT2D eigenvalue weighted by atomic mass is 35.5. The van der Waals surface area contributed by atoms with Crippen LogP contribution in [0.3, 0.4) is 0 Å². The summed E-state index contributed by atoms with van der Waals surface area (Å²) >= 11 is 14.2. The Balaban J connectivity index is 1.31. The van der Waals surface area contributed by atoms with Gasteiger partial charge in [-0.25, -0.2) is 4.79 Å². The second-order valence-electron chi connectivity index (χ2n) is 25.2. The van der Waals surface area contributed by atoms with Crippen molar-refractivity contribution in [2.75, 3.05) is 40.0 Å². The van der Waals surface area contributed by atoms with Gasteiger partial charge < -0.3 is 90.8 Å². The van der Waals surface area contributed by atoms with E-state index in [4.69, 9.17) is 62.1 Å². The molecule has 0 saturated carbocycles. The highest BCUT2D eigenvalue weighted by Gasteiger charge is 2.47. The van der Waals surface area contributed by atoms with Gasteiger partial charge in [-0.15, -0.1) is 0 Å². The van der Waals surface area contributed by atoms with E-state index in [1.54, 1.807) is 32.9 Å². The van der Waals surface area contributed by atoms with Crippen LogP contribution >= 0.6 is 23.2 Å². The number of benzene rings is 5. The first-order chi connectivity index (χ1) is 48.1. The third kappa shape index (κ3) is 16.9. The third-order valence-electron chi connectivity index (χ3n) is 17.5. The maximum absolute atomic E-state index is 16.3. The number of ketones is 3. The fourth-order valence-electron chi connectivity index (χ4n) is 12.2. The molecule has 0 aromatic heterocycles. The topological polar surface area (TPSA) is 400 Å². The summed E-state index contributed by atoms with van der Waals surface area (Å²) in [5.41, 5.74) is 7.09. The Labute approximate surface area is 591 Å². The summed E-state index contributed by atoms with van der Waals surface area (Å²) in [7, 11) is 1.30. The molecule has 1 saturated heterocycles. The van der Waals surface area contributed by atoms with Gasteiger partial charge >= 0.3 is 6.09 Å². The number of aryl methyl sites for hydroxylation is 1. The first-order valence-electron chi connectivity index (χ1n) is 32.3. The molecule has 6 heterocycles. The zero-order valence-corrected chi connectivity index (χ0v) is 57.3. The predicted molar refractivity (Wildman–Crippen MR) is 365 cm³/mol. The number of aliphatic hydroxyl groups excluding tert-OH is 6. The van der Waals surface area contributed by atoms with Gasteiger partial charge in [-0.3, -0.25) is 38.5 Å². The molecule has 538 valence electrons. The van der Waals surface area contributed by atoms with Crippen LogP contribution in [0.25, 0.3) is 11.1 Å². The van der Waals surface area contributed by atoms with Gasteiger partial charge in [0, 0.05) is 37.6 Å². The lowest BCUT2D eigenvalue weighted by Gasteiger charge is -2.39. The van der Waals surface area contributed by atoms with Gasteiger partial charge in [0.25, 0.3) is 0 Å². The molecule has 6 aliphatic rings. The largest absolute Gasteiger partial charge is 0.489 e. The van der Waals surface area contributed by atoms with E-state index in [0.717, 1.165) is 17.0 Å². The van der Waals surface area contributed by atoms with E-state index in [1.807, 2.05) is 0 Å². The van der Waals surface area contributed by atoms with Crippen LogP contribution in [0.15, 0.2) is 117 Å². The second-order valence-corrected chi connectivity index (χ2v) is 26.0. The van der Waals surface area contributed by atoms with Crippen molar-refractivity contribution in [1.29, 1.82) is 0 Å². The van der Waals surface area contributed by atoms with Crippen LogP contribution in [0.2, 0.25) is 10.0 Å². The summed E-state index contributed by atoms with van der Waals surface area (Å²) in [6.07, 6.45) is -12.0. The molecule has 14 atom stereocenters. The SMILES string of the molecule is C=CCOC(=O)N(C)[C@H](CC(C)C)C(=O)N[C@H]1C(=O)C[C@@H](CN)C(=O)N[C@H]2C(=O)C[C@H]3C(=O)N[C@H](C(=O)N[C@H](C(C)=O)c4cc(C)cc(OCC=C)c4-c4cc3ccc4OCC=C)[C@H](O)c3ccc(c(Cl)c3)Oc3cc2cc(c3OC2OC(CO)C(O)C(O)C2O)Oc2ccc(cc2Cl)[C@H]1O. The summed E-state index contributed by atoms with van der Waals surface area (Å²) in [5.74, 6) is -12.2. The molecule has 11 rings (SSSR count). The molecular weight excluding hydrogens is 1360 g/mol. The number of hydrogen-bond donors (Lipinski definition) is 11. The van der Waals surface area contributed by atoms with Gasteiger partial charge in [-0.1, -0.05) is 99.3 Å². The summed E-state index contributed by atoms with van der Waals surface area (Å²) in [6, 6.07) is 8.72. The number of rotatable bonds is 18. The second kappa shape index (κ2) is 33.0. The number of carbonyl (C=O) groups is 8. The summed E-state index contributed by atoms with van der Waals surface area (Å²) in [4.78, 5) is 121. The predicted octanol–water partition coefficient (Wildman–Crippen LogP) is 5.79. The van der Waals surface area contributed by atoms with Crippen molar-refractivity contribution in [3.8, 4) is 51.4 Å². The molecule has 29 heteroatoms. The first-order valence-corrected chi connectivity index (χ1v) is 33.1. The minimum atomic E-state index is -2.10. The highest BCUT2D eigenvalue weighted by Crippen LogP contribution is 2.50. The molecule has 6 aliphatic heterocycles. The number of fused-ring (bicyclic) bond motifs is 15. The van der Waals surface area contributed by atoms with Crippen LogP contribution in [-0.4, -0.2) is 171 Å². The van der Waals surface area contributed by atoms with E-state index < -0.39 is 175 Å². The standard InChI is InChI=1S/C72H80Cl2N6O21/c1-9-18-95-49-15-12-36-24-42(49)56-43(22-34(6)23-52(56)96-19-10-2)57(35(7)82)76-70(93)60-62(86)38-14-17-51(45(74)26-38)99-54-29-39-28-53(66(54)101-71-65(89)64(88)63(87)55(32-81)100-71)98-50-16-13-37(25-44(50)73)61(85)59(78-69(92)46(21-33(4)5)80(8)72(94)97-20-11-3)47(83)27-40(31-75)67(90)77-58(39)48(84)30-41(36)68(91)79-60/h9-17,22-26,28-29,33,40-41,46,55,57-65,71,81,85-89H,1-3,18-21,27,30-32,75H2,4-8H3,(H,76,93)(H,77,90)(H,78,92)(H,79,91)/t40-,41+,46+,55?,57+,58+,59-,60-,61+,62+,63?,64?,65?,71?/m0/s1. The van der Waals surface area contributed by atoms with E-state index in [2.05, 4.69) is 41.0 Å². The van der Waals surface area contributed by atoms with Gasteiger partial charge in [0.05, 0.1) is 28.5 Å². The molecule has 5 amide bonds. The molecular formula is C72H80Cl2N6O21. The Bertz CT molecular complexity index is 4040. The molecule has 5 aromatic rings. The summed E-state index contributed by atoms with van der Waals surface area (Å²) in [5, 5.41) is 78.8. The number of aliphatic hydroxyl groups is 6. The number of hydrogen-bond acceptors (Lipinski definition) is 22.